The molecule has 1 atom stereocenters. The van der Waals surface area contributed by atoms with Crippen molar-refractivity contribution in [1.82, 2.24) is 19.8 Å². The van der Waals surface area contributed by atoms with Crippen LogP contribution in [0, 0.1) is 13.8 Å². The molecule has 1 aliphatic heterocycles. The summed E-state index contributed by atoms with van der Waals surface area (Å²) in [5.41, 5.74) is 2.95. The second kappa shape index (κ2) is 8.69. The number of aryl methyl sites for hydroxylation is 2. The summed E-state index contributed by atoms with van der Waals surface area (Å²) < 4.78 is 1.64. The lowest BCUT2D eigenvalue weighted by atomic mass is 9.93. The highest BCUT2D eigenvalue weighted by molar-refractivity contribution is 6.12. The zero-order valence-corrected chi connectivity index (χ0v) is 20.2. The van der Waals surface area contributed by atoms with Gasteiger partial charge < -0.3 is 20.1 Å². The fourth-order valence-electron chi connectivity index (χ4n) is 4.69. The van der Waals surface area contributed by atoms with E-state index in [1.807, 2.05) is 62.4 Å². The number of nitrogens with one attached hydrogen (secondary N) is 2. The molecule has 3 amide bonds. The first-order chi connectivity index (χ1) is 16.8. The van der Waals surface area contributed by atoms with Gasteiger partial charge in [-0.1, -0.05) is 48.0 Å². The van der Waals surface area contributed by atoms with Crippen molar-refractivity contribution in [1.29, 1.82) is 0 Å². The number of fused-ring (bicyclic) bond motifs is 1. The van der Waals surface area contributed by atoms with Crippen LogP contribution in [-0.2, 0) is 17.9 Å². The van der Waals surface area contributed by atoms with Crippen LogP contribution in [0.5, 0.6) is 0 Å². The van der Waals surface area contributed by atoms with Gasteiger partial charge >= 0.3 is 0 Å². The first-order valence-electron chi connectivity index (χ1n) is 11.9. The Labute approximate surface area is 204 Å². The maximum Gasteiger partial charge on any atom is 0.276 e. The molecule has 1 saturated carbocycles. The fraction of sp³-hybridized carbons (Fsp3) is 0.333. The third-order valence-corrected chi connectivity index (χ3v) is 6.85. The standard InChI is InChI=1S/C27H29N5O3/c1-17-8-10-19(11-9-17)14-28-26(35)27(3)15-31-16-29-22(23(31)25(34)32(27)20-12-13-20)24(33)30-21-7-5-4-6-18(21)2/h4-11,16,20H,12-15H2,1-3H3,(H,28,35)(H,30,33)/t27-/m0/s1. The largest absolute Gasteiger partial charge is 0.350 e. The van der Waals surface area contributed by atoms with Gasteiger partial charge in [-0.05, 0) is 50.8 Å². The van der Waals surface area contributed by atoms with Crippen molar-refractivity contribution in [3.8, 4) is 0 Å². The molecular weight excluding hydrogens is 442 g/mol. The minimum Gasteiger partial charge on any atom is -0.350 e. The predicted molar refractivity (Wildman–Crippen MR) is 132 cm³/mol. The maximum atomic E-state index is 13.7. The van der Waals surface area contributed by atoms with Crippen molar-refractivity contribution in [2.45, 2.75) is 58.3 Å². The van der Waals surface area contributed by atoms with Crippen LogP contribution < -0.4 is 10.6 Å². The minimum absolute atomic E-state index is 0.0199. The number of nitrogens with zero attached hydrogens (tertiary/aromatic N) is 3. The predicted octanol–water partition coefficient (Wildman–Crippen LogP) is 3.45. The molecule has 2 aliphatic rings. The highest BCUT2D eigenvalue weighted by Crippen LogP contribution is 2.39. The molecule has 8 heteroatoms. The first kappa shape index (κ1) is 22.8. The molecular formula is C27H29N5O3. The third-order valence-electron chi connectivity index (χ3n) is 6.85. The van der Waals surface area contributed by atoms with Gasteiger partial charge in [-0.3, -0.25) is 14.4 Å². The van der Waals surface area contributed by atoms with Gasteiger partial charge in [0, 0.05) is 18.3 Å². The molecule has 35 heavy (non-hydrogen) atoms. The number of imidazole rings is 1. The van der Waals surface area contributed by atoms with E-state index < -0.39 is 11.4 Å². The summed E-state index contributed by atoms with van der Waals surface area (Å²) in [4.78, 5) is 46.2. The quantitative estimate of drug-likeness (QED) is 0.576. The topological polar surface area (TPSA) is 96.3 Å². The Morgan fingerprint density at radius 3 is 2.49 bits per heavy atom. The van der Waals surface area contributed by atoms with Gasteiger partial charge in [0.05, 0.1) is 12.9 Å². The molecule has 8 nitrogen and oxygen atoms in total. The monoisotopic (exact) mass is 471 g/mol. The molecule has 2 N–H and O–H groups in total. The Balaban J connectivity index is 1.41. The molecule has 2 aromatic carbocycles. The van der Waals surface area contributed by atoms with Gasteiger partial charge in [0.2, 0.25) is 5.91 Å². The third kappa shape index (κ3) is 4.20. The average Bonchev–Trinajstić information content (AvgIpc) is 3.57. The number of rotatable bonds is 6. The summed E-state index contributed by atoms with van der Waals surface area (Å²) in [6, 6.07) is 15.4. The second-order valence-corrected chi connectivity index (χ2v) is 9.69. The van der Waals surface area contributed by atoms with Crippen LogP contribution in [0.25, 0.3) is 0 Å². The van der Waals surface area contributed by atoms with Crippen molar-refractivity contribution < 1.29 is 14.4 Å². The van der Waals surface area contributed by atoms with Crippen molar-refractivity contribution in [2.24, 2.45) is 0 Å². The Morgan fingerprint density at radius 2 is 1.80 bits per heavy atom. The summed E-state index contributed by atoms with van der Waals surface area (Å²) in [6.07, 6.45) is 3.16. The Bertz CT molecular complexity index is 1310. The van der Waals surface area contributed by atoms with Crippen LogP contribution >= 0.6 is 0 Å². The van der Waals surface area contributed by atoms with E-state index in [-0.39, 0.29) is 35.8 Å². The lowest BCUT2D eigenvalue weighted by Crippen LogP contribution is -2.64. The van der Waals surface area contributed by atoms with E-state index >= 15 is 0 Å². The van der Waals surface area contributed by atoms with Gasteiger partial charge in [0.25, 0.3) is 11.8 Å². The summed E-state index contributed by atoms with van der Waals surface area (Å²) >= 11 is 0. The van der Waals surface area contributed by atoms with Crippen molar-refractivity contribution >= 4 is 23.4 Å². The summed E-state index contributed by atoms with van der Waals surface area (Å²) in [5, 5.41) is 5.88. The Hall–Kier alpha value is -3.94. The average molecular weight is 472 g/mol. The zero-order valence-electron chi connectivity index (χ0n) is 20.2. The summed E-state index contributed by atoms with van der Waals surface area (Å²) in [7, 11) is 0. The number of anilines is 1. The molecule has 0 spiro atoms. The first-order valence-corrected chi connectivity index (χ1v) is 11.9. The van der Waals surface area contributed by atoms with E-state index in [2.05, 4.69) is 15.6 Å². The fourth-order valence-corrected chi connectivity index (χ4v) is 4.69. The number of hydrogen-bond acceptors (Lipinski definition) is 4. The number of hydrogen-bond donors (Lipinski definition) is 2. The molecule has 3 aromatic rings. The van der Waals surface area contributed by atoms with Crippen molar-refractivity contribution in [2.75, 3.05) is 5.32 Å². The van der Waals surface area contributed by atoms with Gasteiger partial charge in [0.15, 0.2) is 5.69 Å². The highest BCUT2D eigenvalue weighted by atomic mass is 16.2. The highest BCUT2D eigenvalue weighted by Gasteiger charge is 2.53. The number of carbonyl (C=O) groups is 3. The molecule has 0 unspecified atom stereocenters. The second-order valence-electron chi connectivity index (χ2n) is 9.69. The molecule has 1 fully saturated rings. The van der Waals surface area contributed by atoms with E-state index in [0.29, 0.717) is 12.2 Å². The van der Waals surface area contributed by atoms with Gasteiger partial charge in [-0.25, -0.2) is 4.98 Å². The number of carbonyl (C=O) groups excluding carboxylic acids is 3. The van der Waals surface area contributed by atoms with Crippen LogP contribution in [-0.4, -0.2) is 43.8 Å². The molecule has 1 aromatic heterocycles. The van der Waals surface area contributed by atoms with E-state index in [0.717, 1.165) is 29.5 Å². The molecule has 0 saturated heterocycles. The molecule has 5 rings (SSSR count). The van der Waals surface area contributed by atoms with E-state index in [1.54, 1.807) is 16.4 Å². The van der Waals surface area contributed by atoms with Crippen LogP contribution in [0.15, 0.2) is 54.9 Å². The van der Waals surface area contributed by atoms with E-state index in [4.69, 9.17) is 0 Å². The number of benzene rings is 2. The molecule has 180 valence electrons. The lowest BCUT2D eigenvalue weighted by molar-refractivity contribution is -0.133. The molecule has 2 heterocycles. The maximum absolute atomic E-state index is 13.7. The Kier molecular flexibility index (Phi) is 5.67. The Morgan fingerprint density at radius 1 is 1.09 bits per heavy atom. The van der Waals surface area contributed by atoms with Crippen LogP contribution in [0.3, 0.4) is 0 Å². The SMILES string of the molecule is Cc1ccc(CNC(=O)[C@]2(C)Cn3cnc(C(=O)Nc4ccccc4C)c3C(=O)N2C2CC2)cc1. The van der Waals surface area contributed by atoms with Gasteiger partial charge in [-0.2, -0.15) is 0 Å². The number of amides is 3. The van der Waals surface area contributed by atoms with Crippen LogP contribution in [0.1, 0.15) is 57.4 Å². The van der Waals surface area contributed by atoms with E-state index in [1.165, 1.54) is 6.33 Å². The molecule has 0 bridgehead atoms. The zero-order chi connectivity index (χ0) is 24.7. The summed E-state index contributed by atoms with van der Waals surface area (Å²) in [5.74, 6) is -0.993. The smallest absolute Gasteiger partial charge is 0.276 e. The normalized spacial score (nSPS) is 19.3. The van der Waals surface area contributed by atoms with Crippen LogP contribution in [0.4, 0.5) is 5.69 Å². The van der Waals surface area contributed by atoms with Crippen molar-refractivity contribution in [3.63, 3.8) is 0 Å². The van der Waals surface area contributed by atoms with Crippen LogP contribution in [0.2, 0.25) is 0 Å². The lowest BCUT2D eigenvalue weighted by Gasteiger charge is -2.44. The minimum atomic E-state index is -1.08. The van der Waals surface area contributed by atoms with E-state index in [9.17, 15) is 14.4 Å². The summed E-state index contributed by atoms with van der Waals surface area (Å²) in [6.45, 7) is 6.32. The van der Waals surface area contributed by atoms with Crippen molar-refractivity contribution in [3.05, 3.63) is 82.9 Å². The van der Waals surface area contributed by atoms with Gasteiger partial charge in [-0.15, -0.1) is 0 Å². The number of para-hydroxylation sites is 1. The molecule has 1 aliphatic carbocycles. The van der Waals surface area contributed by atoms with Gasteiger partial charge in [0.1, 0.15) is 11.2 Å². The molecule has 0 radical (unpaired) electrons. The number of aromatic nitrogens is 2.